The van der Waals surface area contributed by atoms with E-state index in [0.29, 0.717) is 5.75 Å². The fourth-order valence-electron chi connectivity index (χ4n) is 1.78. The lowest BCUT2D eigenvalue weighted by Gasteiger charge is -2.14. The minimum atomic E-state index is -4.68. The number of rotatable bonds is 3. The number of ether oxygens (including phenoxy) is 1. The largest absolute Gasteiger partial charge is 0.451 e. The van der Waals surface area contributed by atoms with E-state index in [1.54, 1.807) is 12.1 Å². The molecule has 1 aromatic heterocycles. The lowest BCUT2D eigenvalue weighted by Crippen LogP contribution is -2.13. The van der Waals surface area contributed by atoms with E-state index in [1.165, 1.54) is 0 Å². The molecule has 0 saturated carbocycles. The summed E-state index contributed by atoms with van der Waals surface area (Å²) in [6.07, 6.45) is -4.68. The molecular formula is C14H14F3N3O. The Morgan fingerprint density at radius 2 is 1.81 bits per heavy atom. The molecule has 2 N–H and O–H groups in total. The number of hydrogen-bond donors (Lipinski definition) is 1. The molecule has 0 aliphatic rings. The van der Waals surface area contributed by atoms with E-state index in [-0.39, 0.29) is 17.6 Å². The minimum absolute atomic E-state index is 0.155. The van der Waals surface area contributed by atoms with Gasteiger partial charge in [-0.2, -0.15) is 18.2 Å². The fraction of sp³-hybridized carbons (Fsp3) is 0.286. The number of nitrogens with two attached hydrogens (primary N) is 1. The number of nitrogens with zero attached hydrogens (tertiary/aromatic N) is 2. The van der Waals surface area contributed by atoms with Crippen LogP contribution in [-0.4, -0.2) is 9.97 Å². The highest BCUT2D eigenvalue weighted by molar-refractivity contribution is 5.40. The van der Waals surface area contributed by atoms with Crippen molar-refractivity contribution >= 4 is 5.82 Å². The summed E-state index contributed by atoms with van der Waals surface area (Å²) in [4.78, 5) is 6.53. The Hall–Kier alpha value is -2.31. The molecule has 112 valence electrons. The minimum Gasteiger partial charge on any atom is -0.439 e. The van der Waals surface area contributed by atoms with Gasteiger partial charge in [0.15, 0.2) is 0 Å². The Morgan fingerprint density at radius 3 is 2.43 bits per heavy atom. The van der Waals surface area contributed by atoms with Crippen molar-refractivity contribution in [2.45, 2.75) is 25.9 Å². The highest BCUT2D eigenvalue weighted by atomic mass is 19.4. The van der Waals surface area contributed by atoms with Crippen LogP contribution in [0.4, 0.5) is 19.0 Å². The maximum atomic E-state index is 12.7. The van der Waals surface area contributed by atoms with Crippen molar-refractivity contribution in [1.82, 2.24) is 9.97 Å². The first-order valence-electron chi connectivity index (χ1n) is 6.26. The number of alkyl halides is 3. The zero-order chi connectivity index (χ0) is 15.6. The molecule has 0 aliphatic carbocycles. The third kappa shape index (κ3) is 3.62. The third-order valence-electron chi connectivity index (χ3n) is 2.73. The summed E-state index contributed by atoms with van der Waals surface area (Å²) < 4.78 is 43.4. The Balaban J connectivity index is 2.39. The summed E-state index contributed by atoms with van der Waals surface area (Å²) in [5, 5.41) is 0. The normalized spacial score (nSPS) is 11.7. The van der Waals surface area contributed by atoms with Gasteiger partial charge in [-0.3, -0.25) is 0 Å². The van der Waals surface area contributed by atoms with E-state index in [0.717, 1.165) is 11.6 Å². The average Bonchev–Trinajstić information content (AvgIpc) is 2.37. The van der Waals surface area contributed by atoms with Crippen LogP contribution in [0.2, 0.25) is 0 Å². The fourth-order valence-corrected chi connectivity index (χ4v) is 1.78. The quantitative estimate of drug-likeness (QED) is 0.930. The van der Waals surface area contributed by atoms with Crippen LogP contribution in [0.3, 0.4) is 0 Å². The first-order chi connectivity index (χ1) is 9.77. The summed E-state index contributed by atoms with van der Waals surface area (Å²) in [7, 11) is 0. The number of aromatic nitrogens is 2. The van der Waals surface area contributed by atoms with Crippen LogP contribution in [0.25, 0.3) is 0 Å². The maximum Gasteiger partial charge on any atom is 0.451 e. The molecule has 21 heavy (non-hydrogen) atoms. The van der Waals surface area contributed by atoms with Crippen LogP contribution in [0.5, 0.6) is 11.6 Å². The molecule has 4 nitrogen and oxygen atoms in total. The van der Waals surface area contributed by atoms with E-state index >= 15 is 0 Å². The van der Waals surface area contributed by atoms with Gasteiger partial charge in [0.25, 0.3) is 0 Å². The molecule has 0 saturated heterocycles. The summed E-state index contributed by atoms with van der Waals surface area (Å²) in [6.45, 7) is 3.91. The Kier molecular flexibility index (Phi) is 4.02. The second kappa shape index (κ2) is 5.59. The lowest BCUT2D eigenvalue weighted by atomic mass is 10.0. The van der Waals surface area contributed by atoms with Gasteiger partial charge in [-0.1, -0.05) is 32.0 Å². The molecule has 1 aromatic carbocycles. The van der Waals surface area contributed by atoms with Gasteiger partial charge in [-0.15, -0.1) is 0 Å². The molecular weight excluding hydrogens is 283 g/mol. The van der Waals surface area contributed by atoms with Crippen molar-refractivity contribution in [2.75, 3.05) is 5.73 Å². The van der Waals surface area contributed by atoms with Gasteiger partial charge in [0.1, 0.15) is 11.6 Å². The molecule has 0 atom stereocenters. The summed E-state index contributed by atoms with van der Waals surface area (Å²) >= 11 is 0. The molecule has 0 aliphatic heterocycles. The Morgan fingerprint density at radius 1 is 1.14 bits per heavy atom. The predicted octanol–water partition coefficient (Wildman–Crippen LogP) is 3.99. The van der Waals surface area contributed by atoms with Gasteiger partial charge in [0.2, 0.25) is 11.7 Å². The molecule has 7 heteroatoms. The average molecular weight is 297 g/mol. The standard InChI is InChI=1S/C14H14F3N3O/c1-8(2)9-5-3-4-6-10(9)21-12-7-11(18)19-13(20-12)14(15,16)17/h3-8H,1-2H3,(H2,18,19,20). The maximum absolute atomic E-state index is 12.7. The zero-order valence-electron chi connectivity index (χ0n) is 11.5. The van der Waals surface area contributed by atoms with Gasteiger partial charge in [0, 0.05) is 6.07 Å². The van der Waals surface area contributed by atoms with Crippen LogP contribution in [0.15, 0.2) is 30.3 Å². The molecule has 2 rings (SSSR count). The molecule has 0 amide bonds. The van der Waals surface area contributed by atoms with Crippen molar-refractivity contribution < 1.29 is 17.9 Å². The smallest absolute Gasteiger partial charge is 0.439 e. The van der Waals surface area contributed by atoms with E-state index in [4.69, 9.17) is 10.5 Å². The second-order valence-electron chi connectivity index (χ2n) is 4.75. The Labute approximate surface area is 119 Å². The molecule has 2 aromatic rings. The zero-order valence-corrected chi connectivity index (χ0v) is 11.5. The highest BCUT2D eigenvalue weighted by Gasteiger charge is 2.35. The van der Waals surface area contributed by atoms with Gasteiger partial charge >= 0.3 is 6.18 Å². The van der Waals surface area contributed by atoms with Crippen LogP contribution in [0, 0.1) is 0 Å². The van der Waals surface area contributed by atoms with Crippen molar-refractivity contribution in [2.24, 2.45) is 0 Å². The SMILES string of the molecule is CC(C)c1ccccc1Oc1cc(N)nc(C(F)(F)F)n1. The van der Waals surface area contributed by atoms with E-state index in [2.05, 4.69) is 9.97 Å². The van der Waals surface area contributed by atoms with Crippen molar-refractivity contribution in [3.63, 3.8) is 0 Å². The van der Waals surface area contributed by atoms with Crippen LogP contribution in [0.1, 0.15) is 31.2 Å². The molecule has 0 fully saturated rings. The predicted molar refractivity (Wildman–Crippen MR) is 72.1 cm³/mol. The summed E-state index contributed by atoms with van der Waals surface area (Å²) in [5.41, 5.74) is 6.24. The van der Waals surface area contributed by atoms with E-state index < -0.39 is 12.0 Å². The van der Waals surface area contributed by atoms with Gasteiger partial charge in [0.05, 0.1) is 0 Å². The highest BCUT2D eigenvalue weighted by Crippen LogP contribution is 2.32. The second-order valence-corrected chi connectivity index (χ2v) is 4.75. The number of halogens is 3. The monoisotopic (exact) mass is 297 g/mol. The number of anilines is 1. The Bertz CT molecular complexity index is 642. The number of benzene rings is 1. The third-order valence-corrected chi connectivity index (χ3v) is 2.73. The molecule has 0 unspecified atom stereocenters. The topological polar surface area (TPSA) is 61.0 Å². The van der Waals surface area contributed by atoms with Crippen LogP contribution >= 0.6 is 0 Å². The first kappa shape index (κ1) is 15.1. The lowest BCUT2D eigenvalue weighted by molar-refractivity contribution is -0.145. The van der Waals surface area contributed by atoms with Gasteiger partial charge in [-0.25, -0.2) is 4.98 Å². The molecule has 1 heterocycles. The van der Waals surface area contributed by atoms with Crippen LogP contribution < -0.4 is 10.5 Å². The van der Waals surface area contributed by atoms with Gasteiger partial charge < -0.3 is 10.5 Å². The van der Waals surface area contributed by atoms with E-state index in [9.17, 15) is 13.2 Å². The number of hydrogen-bond acceptors (Lipinski definition) is 4. The van der Waals surface area contributed by atoms with Crippen LogP contribution in [-0.2, 0) is 6.18 Å². The van der Waals surface area contributed by atoms with E-state index in [1.807, 2.05) is 26.0 Å². The summed E-state index contributed by atoms with van der Waals surface area (Å²) in [5.74, 6) is -1.25. The molecule has 0 radical (unpaired) electrons. The van der Waals surface area contributed by atoms with Gasteiger partial charge in [-0.05, 0) is 17.5 Å². The van der Waals surface area contributed by atoms with Crippen molar-refractivity contribution in [3.05, 3.63) is 41.7 Å². The van der Waals surface area contributed by atoms with Crippen molar-refractivity contribution in [1.29, 1.82) is 0 Å². The number of nitrogen functional groups attached to an aromatic ring is 1. The molecule has 0 spiro atoms. The summed E-state index contributed by atoms with van der Waals surface area (Å²) in [6, 6.07) is 8.23. The molecule has 0 bridgehead atoms. The van der Waals surface area contributed by atoms with Crippen molar-refractivity contribution in [3.8, 4) is 11.6 Å². The number of para-hydroxylation sites is 1. The first-order valence-corrected chi connectivity index (χ1v) is 6.26.